The first-order valence-electron chi connectivity index (χ1n) is 6.93. The molecule has 114 valence electrons. The highest BCUT2D eigenvalue weighted by Gasteiger charge is 2.30. The Hall–Kier alpha value is -2.08. The van der Waals surface area contributed by atoms with E-state index in [1.807, 2.05) is 24.3 Å². The third-order valence-corrected chi connectivity index (χ3v) is 3.67. The van der Waals surface area contributed by atoms with Crippen LogP contribution in [0.15, 0.2) is 24.3 Å². The molecule has 1 aliphatic heterocycles. The molecule has 0 aliphatic carbocycles. The molecule has 1 aromatic carbocycles. The molecule has 1 aromatic rings. The number of methoxy groups -OCH3 is 1. The molecule has 0 aromatic heterocycles. The van der Waals surface area contributed by atoms with Crippen molar-refractivity contribution in [2.75, 3.05) is 20.2 Å². The molecule has 2 amide bonds. The van der Waals surface area contributed by atoms with Crippen molar-refractivity contribution in [1.29, 1.82) is 0 Å². The van der Waals surface area contributed by atoms with Crippen LogP contribution in [0.2, 0.25) is 0 Å². The number of likely N-dealkylation sites (tertiary alicyclic amines) is 1. The first-order chi connectivity index (χ1) is 10.1. The third kappa shape index (κ3) is 3.95. The summed E-state index contributed by atoms with van der Waals surface area (Å²) >= 11 is 0. The van der Waals surface area contributed by atoms with Gasteiger partial charge >= 0.3 is 12.0 Å². The van der Waals surface area contributed by atoms with Crippen molar-refractivity contribution in [1.82, 2.24) is 10.2 Å². The Balaban J connectivity index is 1.89. The SMILES string of the molecule is COCc1ccccc1CNC(=O)N1CCC(C(=O)O)C1. The summed E-state index contributed by atoms with van der Waals surface area (Å²) in [5.74, 6) is -1.28. The molecule has 1 saturated heterocycles. The summed E-state index contributed by atoms with van der Waals surface area (Å²) in [5, 5.41) is 11.8. The van der Waals surface area contributed by atoms with Crippen molar-refractivity contribution in [3.05, 3.63) is 35.4 Å². The molecule has 6 nitrogen and oxygen atoms in total. The lowest BCUT2D eigenvalue weighted by Gasteiger charge is -2.17. The number of urea groups is 1. The number of carboxylic acids is 1. The fourth-order valence-electron chi connectivity index (χ4n) is 2.46. The Kier molecular flexibility index (Phi) is 5.16. The number of hydrogen-bond donors (Lipinski definition) is 2. The van der Waals surface area contributed by atoms with Crippen LogP contribution in [0.5, 0.6) is 0 Å². The average molecular weight is 292 g/mol. The standard InChI is InChI=1S/C15H20N2O4/c1-21-10-13-5-3-2-4-11(13)8-16-15(20)17-7-6-12(9-17)14(18)19/h2-5,12H,6-10H2,1H3,(H,16,20)(H,18,19). The van der Waals surface area contributed by atoms with Crippen molar-refractivity contribution in [3.8, 4) is 0 Å². The lowest BCUT2D eigenvalue weighted by atomic mass is 10.1. The Bertz CT molecular complexity index is 518. The van der Waals surface area contributed by atoms with Crippen LogP contribution in [0.3, 0.4) is 0 Å². The minimum absolute atomic E-state index is 0.217. The summed E-state index contributed by atoms with van der Waals surface area (Å²) in [5.41, 5.74) is 2.03. The van der Waals surface area contributed by atoms with Gasteiger partial charge in [0.2, 0.25) is 0 Å². The largest absolute Gasteiger partial charge is 0.481 e. The third-order valence-electron chi connectivity index (χ3n) is 3.67. The molecule has 2 rings (SSSR count). The maximum Gasteiger partial charge on any atom is 0.317 e. The van der Waals surface area contributed by atoms with Gasteiger partial charge < -0.3 is 20.1 Å². The fourth-order valence-corrected chi connectivity index (χ4v) is 2.46. The van der Waals surface area contributed by atoms with E-state index in [9.17, 15) is 9.59 Å². The molecule has 1 aliphatic rings. The number of carbonyl (C=O) groups is 2. The number of amides is 2. The van der Waals surface area contributed by atoms with Crippen LogP contribution in [-0.4, -0.2) is 42.2 Å². The summed E-state index contributed by atoms with van der Waals surface area (Å²) < 4.78 is 5.13. The zero-order chi connectivity index (χ0) is 15.2. The topological polar surface area (TPSA) is 78.9 Å². The quantitative estimate of drug-likeness (QED) is 0.861. The van der Waals surface area contributed by atoms with Gasteiger partial charge in [-0.2, -0.15) is 0 Å². The van der Waals surface area contributed by atoms with Gasteiger partial charge in [-0.1, -0.05) is 24.3 Å². The van der Waals surface area contributed by atoms with E-state index in [-0.39, 0.29) is 12.6 Å². The van der Waals surface area contributed by atoms with Gasteiger partial charge in [-0.3, -0.25) is 4.79 Å². The highest BCUT2D eigenvalue weighted by molar-refractivity contribution is 5.77. The van der Waals surface area contributed by atoms with Crippen molar-refractivity contribution < 1.29 is 19.4 Å². The molecule has 1 heterocycles. The van der Waals surface area contributed by atoms with Crippen LogP contribution in [-0.2, 0) is 22.7 Å². The van der Waals surface area contributed by atoms with E-state index >= 15 is 0 Å². The van der Waals surface area contributed by atoms with Gasteiger partial charge in [-0.15, -0.1) is 0 Å². The molecule has 0 spiro atoms. The van der Waals surface area contributed by atoms with Gasteiger partial charge in [-0.05, 0) is 17.5 Å². The van der Waals surface area contributed by atoms with E-state index in [0.717, 1.165) is 11.1 Å². The maximum atomic E-state index is 12.0. The zero-order valence-electron chi connectivity index (χ0n) is 12.0. The summed E-state index contributed by atoms with van der Waals surface area (Å²) in [6, 6.07) is 7.53. The van der Waals surface area contributed by atoms with Gasteiger partial charge in [0.1, 0.15) is 0 Å². The second-order valence-corrected chi connectivity index (χ2v) is 5.13. The van der Waals surface area contributed by atoms with Crippen molar-refractivity contribution in [2.24, 2.45) is 5.92 Å². The molecular formula is C15H20N2O4. The predicted molar refractivity (Wildman–Crippen MR) is 76.7 cm³/mol. The number of carbonyl (C=O) groups excluding carboxylic acids is 1. The zero-order valence-corrected chi connectivity index (χ0v) is 12.0. The molecule has 21 heavy (non-hydrogen) atoms. The first kappa shape index (κ1) is 15.3. The van der Waals surface area contributed by atoms with Gasteiger partial charge in [0.05, 0.1) is 12.5 Å². The summed E-state index contributed by atoms with van der Waals surface area (Å²) in [4.78, 5) is 24.5. The van der Waals surface area contributed by atoms with Crippen LogP contribution >= 0.6 is 0 Å². The summed E-state index contributed by atoms with van der Waals surface area (Å²) in [6.07, 6.45) is 0.517. The van der Waals surface area contributed by atoms with E-state index in [1.165, 1.54) is 0 Å². The molecular weight excluding hydrogens is 272 g/mol. The summed E-state index contributed by atoms with van der Waals surface area (Å²) in [6.45, 7) is 1.67. The number of rotatable bonds is 5. The van der Waals surface area contributed by atoms with E-state index < -0.39 is 11.9 Å². The smallest absolute Gasteiger partial charge is 0.317 e. The molecule has 0 saturated carbocycles. The molecule has 6 heteroatoms. The highest BCUT2D eigenvalue weighted by Crippen LogP contribution is 2.16. The Morgan fingerprint density at radius 3 is 2.71 bits per heavy atom. The monoisotopic (exact) mass is 292 g/mol. The molecule has 1 fully saturated rings. The molecule has 2 N–H and O–H groups in total. The second-order valence-electron chi connectivity index (χ2n) is 5.13. The average Bonchev–Trinajstić information content (AvgIpc) is 2.96. The van der Waals surface area contributed by atoms with Crippen LogP contribution in [0, 0.1) is 5.92 Å². The molecule has 1 atom stereocenters. The Morgan fingerprint density at radius 2 is 2.10 bits per heavy atom. The number of benzene rings is 1. The molecule has 0 bridgehead atoms. The van der Waals surface area contributed by atoms with Crippen molar-refractivity contribution in [2.45, 2.75) is 19.6 Å². The molecule has 0 radical (unpaired) electrons. The number of aliphatic carboxylic acids is 1. The number of carboxylic acid groups (broad SMARTS) is 1. The van der Waals surface area contributed by atoms with Crippen LogP contribution in [0.1, 0.15) is 17.5 Å². The predicted octanol–water partition coefficient (Wildman–Crippen LogP) is 1.45. The first-order valence-corrected chi connectivity index (χ1v) is 6.93. The minimum Gasteiger partial charge on any atom is -0.481 e. The van der Waals surface area contributed by atoms with Gasteiger partial charge in [0, 0.05) is 26.7 Å². The van der Waals surface area contributed by atoms with E-state index in [4.69, 9.17) is 9.84 Å². The fraction of sp³-hybridized carbons (Fsp3) is 0.467. The number of ether oxygens (including phenoxy) is 1. The number of hydrogen-bond acceptors (Lipinski definition) is 3. The lowest BCUT2D eigenvalue weighted by molar-refractivity contribution is -0.141. The van der Waals surface area contributed by atoms with Crippen LogP contribution in [0.4, 0.5) is 4.79 Å². The van der Waals surface area contributed by atoms with Gasteiger partial charge in [0.15, 0.2) is 0 Å². The highest BCUT2D eigenvalue weighted by atomic mass is 16.5. The van der Waals surface area contributed by atoms with Gasteiger partial charge in [0.25, 0.3) is 0 Å². The lowest BCUT2D eigenvalue weighted by Crippen LogP contribution is -2.38. The summed E-state index contributed by atoms with van der Waals surface area (Å²) in [7, 11) is 1.63. The van der Waals surface area contributed by atoms with E-state index in [0.29, 0.717) is 26.1 Å². The maximum absolute atomic E-state index is 12.0. The van der Waals surface area contributed by atoms with Crippen molar-refractivity contribution >= 4 is 12.0 Å². The van der Waals surface area contributed by atoms with Crippen molar-refractivity contribution in [3.63, 3.8) is 0 Å². The minimum atomic E-state index is -0.837. The number of nitrogens with zero attached hydrogens (tertiary/aromatic N) is 1. The Morgan fingerprint density at radius 1 is 1.38 bits per heavy atom. The normalized spacial score (nSPS) is 17.8. The van der Waals surface area contributed by atoms with Gasteiger partial charge in [-0.25, -0.2) is 4.79 Å². The Labute approximate surface area is 123 Å². The number of nitrogens with one attached hydrogen (secondary N) is 1. The van der Waals surface area contributed by atoms with Crippen LogP contribution in [0.25, 0.3) is 0 Å². The van der Waals surface area contributed by atoms with E-state index in [2.05, 4.69) is 5.32 Å². The van der Waals surface area contributed by atoms with Crippen LogP contribution < -0.4 is 5.32 Å². The second kappa shape index (κ2) is 7.08. The van der Waals surface area contributed by atoms with E-state index in [1.54, 1.807) is 12.0 Å². The molecule has 1 unspecified atom stereocenters.